The van der Waals surface area contributed by atoms with Crippen LogP contribution in [0.15, 0.2) is 78.7 Å². The number of rotatable bonds is 0. The van der Waals surface area contributed by atoms with Gasteiger partial charge in [0.15, 0.2) is 0 Å². The summed E-state index contributed by atoms with van der Waals surface area (Å²) in [4.78, 5) is 0. The Morgan fingerprint density at radius 3 is 1.25 bits per heavy atom. The fraction of sp³-hybridized carbons (Fsp3) is 0.333. The molecular weight excluding hydrogens is 613 g/mol. The minimum absolute atomic E-state index is 0.213. The topological polar surface area (TPSA) is 0 Å². The van der Waals surface area contributed by atoms with Crippen LogP contribution in [0, 0.1) is 18.8 Å². The molecule has 8 rings (SSSR count). The van der Waals surface area contributed by atoms with Crippen LogP contribution in [0.2, 0.25) is 0 Å². The van der Waals surface area contributed by atoms with Gasteiger partial charge in [-0.15, -0.1) is 0 Å². The van der Waals surface area contributed by atoms with E-state index >= 15 is 0 Å². The fourth-order valence-electron chi connectivity index (χ4n) is 7.67. The van der Waals surface area contributed by atoms with Crippen LogP contribution in [0.5, 0.6) is 0 Å². The molecule has 8 aromatic rings. The summed E-state index contributed by atoms with van der Waals surface area (Å²) in [6, 6.07) is 13.8. The predicted octanol–water partition coefficient (Wildman–Crippen LogP) is 14.4. The lowest BCUT2D eigenvalue weighted by Crippen LogP contribution is -2.13. The summed E-state index contributed by atoms with van der Waals surface area (Å²) in [6.45, 7) is 26.7. The molecule has 0 bridgehead atoms. The zero-order chi connectivity index (χ0) is 42.7. The first-order chi connectivity index (χ1) is 26.7. The van der Waals surface area contributed by atoms with E-state index in [1.165, 1.54) is 0 Å². The van der Waals surface area contributed by atoms with Crippen molar-refractivity contribution in [2.24, 2.45) is 0 Å². The minimum atomic E-state index is -0.529. The molecule has 0 aromatic heterocycles. The van der Waals surface area contributed by atoms with E-state index in [2.05, 4.69) is 45.6 Å². The van der Waals surface area contributed by atoms with Gasteiger partial charge in [0.2, 0.25) is 0 Å². The maximum atomic E-state index is 9.80. The Hall–Kier alpha value is -4.60. The number of hydrogen-bond donors (Lipinski definition) is 0. The van der Waals surface area contributed by atoms with Gasteiger partial charge in [-0.1, -0.05) is 149 Å². The van der Waals surface area contributed by atoms with E-state index in [-0.39, 0.29) is 29.6 Å². The summed E-state index contributed by atoms with van der Waals surface area (Å²) in [5, 5.41) is 8.71. The van der Waals surface area contributed by atoms with Crippen LogP contribution in [-0.4, -0.2) is 0 Å². The van der Waals surface area contributed by atoms with Crippen molar-refractivity contribution in [3.8, 4) is 11.8 Å². The van der Waals surface area contributed by atoms with E-state index in [9.17, 15) is 9.60 Å². The SMILES string of the molecule is [2H]c1c(C(C)(C)C)c([2H])c2cc(C#Cc3cc4c([2H])c(C(C)(C)C)c(C)c5ccc6c([2H])c(C(C)(C)C)c([2H])c3c6c45)c3c([2H])c(C(C)(C)C)c([2H])c4ccc1c2c43. The molecule has 256 valence electrons. The monoisotopic (exact) mass is 671 g/mol. The molecule has 0 saturated heterocycles. The van der Waals surface area contributed by atoms with Crippen LogP contribution in [-0.2, 0) is 21.7 Å². The zero-order valence-electron chi connectivity index (χ0n) is 39.5. The van der Waals surface area contributed by atoms with Crippen LogP contribution in [0.4, 0.5) is 0 Å². The highest BCUT2D eigenvalue weighted by Gasteiger charge is 2.24. The van der Waals surface area contributed by atoms with Crippen molar-refractivity contribution in [2.45, 2.75) is 112 Å². The molecule has 0 aliphatic rings. The zero-order valence-corrected chi connectivity index (χ0v) is 32.5. The van der Waals surface area contributed by atoms with Gasteiger partial charge in [0.1, 0.15) is 0 Å². The first-order valence-electron chi connectivity index (χ1n) is 21.7. The van der Waals surface area contributed by atoms with Gasteiger partial charge in [0.05, 0.1) is 9.60 Å². The molecule has 0 spiro atoms. The predicted molar refractivity (Wildman–Crippen MR) is 226 cm³/mol. The molecule has 0 heteroatoms. The Balaban J connectivity index is 1.61. The van der Waals surface area contributed by atoms with Gasteiger partial charge >= 0.3 is 0 Å². The van der Waals surface area contributed by atoms with Crippen molar-refractivity contribution in [3.05, 3.63) is 118 Å². The van der Waals surface area contributed by atoms with E-state index in [0.29, 0.717) is 83.6 Å². The fourth-order valence-corrected chi connectivity index (χ4v) is 7.67. The Bertz CT molecular complexity index is 2950. The molecule has 0 aliphatic carbocycles. The molecule has 0 atom stereocenters. The van der Waals surface area contributed by atoms with Crippen molar-refractivity contribution >= 4 is 64.6 Å². The second-order valence-corrected chi connectivity index (χ2v) is 18.8. The summed E-state index contributed by atoms with van der Waals surface area (Å²) in [6.07, 6.45) is 0. The summed E-state index contributed by atoms with van der Waals surface area (Å²) in [5.41, 5.74) is 3.11. The van der Waals surface area contributed by atoms with Crippen molar-refractivity contribution in [1.82, 2.24) is 0 Å². The molecule has 8 aromatic carbocycles. The first-order valence-corrected chi connectivity index (χ1v) is 18.2. The molecule has 0 saturated carbocycles. The molecule has 0 aliphatic heterocycles. The third-order valence-electron chi connectivity index (χ3n) is 10.5. The highest BCUT2D eigenvalue weighted by atomic mass is 14.3. The normalized spacial score (nSPS) is 15.4. The molecule has 0 radical (unpaired) electrons. The summed E-state index contributed by atoms with van der Waals surface area (Å²) in [5.74, 6) is 7.00. The smallest absolute Gasteiger partial charge is 0.0610 e. The standard InChI is InChI=1S/C51H52/c1-29-40-19-18-34-24-39(50(8,9)10)28-42-31(21-36(47(40)46(34)42)26-43(29)51(11,12)13)15-14-30-20-35-25-37(48(2,3)4)22-32-16-17-33-23-38(49(5,6)7)27-41(30)45(33)44(32)35/h16-28H,1-13H3/i22D,23D,24D,25D,26D,27D,28D. The third kappa shape index (κ3) is 5.35. The number of aryl methyl sites for hydroxylation is 1. The molecule has 0 N–H and O–H groups in total. The second-order valence-electron chi connectivity index (χ2n) is 18.8. The molecule has 0 unspecified atom stereocenters. The quantitative estimate of drug-likeness (QED) is 0.111. The van der Waals surface area contributed by atoms with Crippen LogP contribution < -0.4 is 0 Å². The van der Waals surface area contributed by atoms with Gasteiger partial charge in [-0.2, -0.15) is 0 Å². The van der Waals surface area contributed by atoms with Crippen molar-refractivity contribution in [1.29, 1.82) is 0 Å². The largest absolute Gasteiger partial charge is 0.0633 e. The molecule has 0 amide bonds. The van der Waals surface area contributed by atoms with Crippen LogP contribution >= 0.6 is 0 Å². The maximum Gasteiger partial charge on any atom is 0.0633 e. The minimum Gasteiger partial charge on any atom is -0.0610 e. The van der Waals surface area contributed by atoms with Gasteiger partial charge in [0, 0.05) is 11.1 Å². The average Bonchev–Trinajstić information content (AvgIpc) is 3.07. The van der Waals surface area contributed by atoms with Crippen molar-refractivity contribution in [2.75, 3.05) is 0 Å². The van der Waals surface area contributed by atoms with Gasteiger partial charge in [-0.05, 0) is 145 Å². The Morgan fingerprint density at radius 2 is 0.784 bits per heavy atom. The highest BCUT2D eigenvalue weighted by Crippen LogP contribution is 2.44. The number of hydrogen-bond acceptors (Lipinski definition) is 0. The van der Waals surface area contributed by atoms with Crippen molar-refractivity contribution < 1.29 is 9.60 Å². The van der Waals surface area contributed by atoms with Gasteiger partial charge in [-0.25, -0.2) is 0 Å². The first kappa shape index (κ1) is 26.2. The van der Waals surface area contributed by atoms with E-state index in [4.69, 9.17) is 0 Å². The van der Waals surface area contributed by atoms with Crippen LogP contribution in [0.25, 0.3) is 64.6 Å². The van der Waals surface area contributed by atoms with E-state index in [1.807, 2.05) is 92.6 Å². The Labute approximate surface area is 314 Å². The lowest BCUT2D eigenvalue weighted by Gasteiger charge is -2.26. The summed E-state index contributed by atoms with van der Waals surface area (Å²) >= 11 is 0. The molecule has 0 heterocycles. The molecule has 0 nitrogen and oxygen atoms in total. The van der Waals surface area contributed by atoms with Gasteiger partial charge in [-0.3, -0.25) is 0 Å². The summed E-state index contributed by atoms with van der Waals surface area (Å²) in [7, 11) is 0. The van der Waals surface area contributed by atoms with Gasteiger partial charge < -0.3 is 0 Å². The molecular formula is C51H52. The summed E-state index contributed by atoms with van der Waals surface area (Å²) < 4.78 is 67.1. The highest BCUT2D eigenvalue weighted by molar-refractivity contribution is 6.26. The van der Waals surface area contributed by atoms with E-state index in [1.54, 1.807) is 0 Å². The van der Waals surface area contributed by atoms with E-state index < -0.39 is 16.2 Å². The Kier molecular flexibility index (Phi) is 5.51. The lowest BCUT2D eigenvalue weighted by molar-refractivity contribution is 0.588. The lowest BCUT2D eigenvalue weighted by atomic mass is 9.78. The van der Waals surface area contributed by atoms with Crippen LogP contribution in [0.3, 0.4) is 0 Å². The third-order valence-corrected chi connectivity index (χ3v) is 10.5. The second kappa shape index (κ2) is 10.7. The average molecular weight is 672 g/mol. The molecule has 51 heavy (non-hydrogen) atoms. The Morgan fingerprint density at radius 1 is 0.412 bits per heavy atom. The maximum absolute atomic E-state index is 9.80. The molecule has 0 fully saturated rings. The van der Waals surface area contributed by atoms with Crippen molar-refractivity contribution in [3.63, 3.8) is 0 Å². The van der Waals surface area contributed by atoms with Gasteiger partial charge in [0.25, 0.3) is 0 Å². The van der Waals surface area contributed by atoms with Crippen LogP contribution in [0.1, 0.15) is 132 Å². The van der Waals surface area contributed by atoms with E-state index in [0.717, 1.165) is 38.1 Å². The number of benzene rings is 8.